The molecule has 0 saturated carbocycles. The van der Waals surface area contributed by atoms with Crippen LogP contribution in [0, 0.1) is 5.92 Å². The Labute approximate surface area is 116 Å². The molecule has 1 amide bonds. The van der Waals surface area contributed by atoms with Crippen molar-refractivity contribution in [1.29, 1.82) is 0 Å². The van der Waals surface area contributed by atoms with E-state index < -0.39 is 12.3 Å². The molecule has 4 nitrogen and oxygen atoms in total. The second-order valence-electron chi connectivity index (χ2n) is 4.92. The average molecular weight is 284 g/mol. The summed E-state index contributed by atoms with van der Waals surface area (Å²) in [5.41, 5.74) is 0.937. The van der Waals surface area contributed by atoms with Crippen LogP contribution in [0.4, 0.5) is 8.78 Å². The Bertz CT molecular complexity index is 462. The second-order valence-corrected chi connectivity index (χ2v) is 4.92. The number of nitrogens with one attached hydrogen (secondary N) is 1. The van der Waals surface area contributed by atoms with E-state index in [0.717, 1.165) is 11.3 Å². The smallest absolute Gasteiger partial charge is 0.243 e. The van der Waals surface area contributed by atoms with Gasteiger partial charge in [-0.25, -0.2) is 8.78 Å². The van der Waals surface area contributed by atoms with E-state index >= 15 is 0 Å². The van der Waals surface area contributed by atoms with Gasteiger partial charge in [-0.1, -0.05) is 12.1 Å². The minimum Gasteiger partial charge on any atom is -0.497 e. The Morgan fingerprint density at radius 2 is 2.25 bits per heavy atom. The van der Waals surface area contributed by atoms with E-state index in [-0.39, 0.29) is 12.5 Å². The number of alkyl halides is 2. The predicted molar refractivity (Wildman–Crippen MR) is 70.8 cm³/mol. The molecule has 1 saturated heterocycles. The number of rotatable bonds is 6. The minimum atomic E-state index is -2.29. The Balaban J connectivity index is 1.70. The zero-order chi connectivity index (χ0) is 14.5. The van der Waals surface area contributed by atoms with Crippen LogP contribution in [-0.4, -0.2) is 44.0 Å². The fourth-order valence-corrected chi connectivity index (χ4v) is 2.14. The predicted octanol–water partition coefficient (Wildman–Crippen LogP) is 1.51. The van der Waals surface area contributed by atoms with Crippen molar-refractivity contribution in [3.8, 4) is 5.75 Å². The molecule has 0 bridgehead atoms. The van der Waals surface area contributed by atoms with Crippen LogP contribution in [0.2, 0.25) is 0 Å². The zero-order valence-electron chi connectivity index (χ0n) is 11.3. The normalized spacial score (nSPS) is 16.0. The highest BCUT2D eigenvalue weighted by Gasteiger charge is 2.34. The lowest BCUT2D eigenvalue weighted by atomic mass is 10.0. The number of amides is 1. The van der Waals surface area contributed by atoms with Crippen LogP contribution in [-0.2, 0) is 11.3 Å². The number of carbonyl (C=O) groups is 1. The van der Waals surface area contributed by atoms with Gasteiger partial charge in [0.15, 0.2) is 0 Å². The number of ether oxygens (including phenoxy) is 1. The molecule has 0 aliphatic carbocycles. The molecular formula is C14H18F2N2O2. The van der Waals surface area contributed by atoms with Gasteiger partial charge in [0.2, 0.25) is 12.3 Å². The first-order valence-corrected chi connectivity index (χ1v) is 6.48. The van der Waals surface area contributed by atoms with Crippen molar-refractivity contribution >= 4 is 5.91 Å². The number of hydrogen-bond donors (Lipinski definition) is 1. The third-order valence-corrected chi connectivity index (χ3v) is 3.33. The van der Waals surface area contributed by atoms with E-state index in [1.165, 1.54) is 0 Å². The van der Waals surface area contributed by atoms with Crippen molar-refractivity contribution in [1.82, 2.24) is 10.2 Å². The Morgan fingerprint density at radius 3 is 2.90 bits per heavy atom. The molecule has 1 heterocycles. The molecule has 1 fully saturated rings. The van der Waals surface area contributed by atoms with Gasteiger partial charge >= 0.3 is 0 Å². The SMILES string of the molecule is COc1cccc(CNC(=O)CN2CC(C(F)F)C2)c1. The number of likely N-dealkylation sites (tertiary alicyclic amines) is 1. The first-order valence-electron chi connectivity index (χ1n) is 6.48. The third kappa shape index (κ3) is 3.90. The van der Waals surface area contributed by atoms with E-state index in [1.807, 2.05) is 24.3 Å². The number of methoxy groups -OCH3 is 1. The quantitative estimate of drug-likeness (QED) is 0.861. The summed E-state index contributed by atoms with van der Waals surface area (Å²) in [7, 11) is 1.58. The summed E-state index contributed by atoms with van der Waals surface area (Å²) < 4.78 is 29.7. The van der Waals surface area contributed by atoms with Gasteiger partial charge in [-0.15, -0.1) is 0 Å². The van der Waals surface area contributed by atoms with Crippen LogP contribution in [0.3, 0.4) is 0 Å². The summed E-state index contributed by atoms with van der Waals surface area (Å²) in [6.07, 6.45) is -2.29. The number of halogens is 2. The molecular weight excluding hydrogens is 266 g/mol. The number of carbonyl (C=O) groups excluding carboxylic acids is 1. The van der Waals surface area contributed by atoms with Crippen molar-refractivity contribution in [2.45, 2.75) is 13.0 Å². The molecule has 110 valence electrons. The molecule has 1 N–H and O–H groups in total. The summed E-state index contributed by atoms with van der Waals surface area (Å²) in [4.78, 5) is 13.4. The lowest BCUT2D eigenvalue weighted by Gasteiger charge is -2.38. The maximum absolute atomic E-state index is 12.3. The summed E-state index contributed by atoms with van der Waals surface area (Å²) in [5.74, 6) is 0.000915. The van der Waals surface area contributed by atoms with Crippen LogP contribution in [0.15, 0.2) is 24.3 Å². The highest BCUT2D eigenvalue weighted by atomic mass is 19.3. The molecule has 6 heteroatoms. The van der Waals surface area contributed by atoms with E-state index in [4.69, 9.17) is 4.74 Å². The van der Waals surface area contributed by atoms with E-state index in [2.05, 4.69) is 5.32 Å². The topological polar surface area (TPSA) is 41.6 Å². The fraction of sp³-hybridized carbons (Fsp3) is 0.500. The third-order valence-electron chi connectivity index (χ3n) is 3.33. The van der Waals surface area contributed by atoms with Gasteiger partial charge in [-0.3, -0.25) is 9.69 Å². The number of benzene rings is 1. The van der Waals surface area contributed by atoms with Crippen molar-refractivity contribution in [2.75, 3.05) is 26.7 Å². The summed E-state index contributed by atoms with van der Waals surface area (Å²) in [5, 5.41) is 2.77. The summed E-state index contributed by atoms with van der Waals surface area (Å²) in [6.45, 7) is 1.17. The van der Waals surface area contributed by atoms with Gasteiger partial charge in [0.05, 0.1) is 13.7 Å². The standard InChI is InChI=1S/C14H18F2N2O2/c1-20-12-4-2-3-10(5-12)6-17-13(19)9-18-7-11(8-18)14(15)16/h2-5,11,14H,6-9H2,1H3,(H,17,19). The van der Waals surface area contributed by atoms with Crippen molar-refractivity contribution in [2.24, 2.45) is 5.92 Å². The Hall–Kier alpha value is -1.69. The highest BCUT2D eigenvalue weighted by Crippen LogP contribution is 2.21. The monoisotopic (exact) mass is 284 g/mol. The molecule has 1 aliphatic heterocycles. The molecule has 1 aliphatic rings. The lowest BCUT2D eigenvalue weighted by molar-refractivity contribution is -0.125. The highest BCUT2D eigenvalue weighted by molar-refractivity contribution is 5.78. The Morgan fingerprint density at radius 1 is 1.50 bits per heavy atom. The Kier molecular flexibility index (Phi) is 4.89. The van der Waals surface area contributed by atoms with Crippen molar-refractivity contribution < 1.29 is 18.3 Å². The first kappa shape index (κ1) is 14.7. The van der Waals surface area contributed by atoms with Gasteiger partial charge in [-0.05, 0) is 17.7 Å². The van der Waals surface area contributed by atoms with E-state index in [1.54, 1.807) is 12.0 Å². The number of hydrogen-bond acceptors (Lipinski definition) is 3. The van der Waals surface area contributed by atoms with Crippen LogP contribution < -0.4 is 10.1 Å². The summed E-state index contributed by atoms with van der Waals surface area (Å²) in [6, 6.07) is 7.41. The van der Waals surface area contributed by atoms with Crippen LogP contribution in [0.5, 0.6) is 5.75 Å². The van der Waals surface area contributed by atoms with Crippen LogP contribution >= 0.6 is 0 Å². The van der Waals surface area contributed by atoms with Gasteiger partial charge in [0, 0.05) is 25.6 Å². The summed E-state index contributed by atoms with van der Waals surface area (Å²) >= 11 is 0. The number of nitrogens with zero attached hydrogens (tertiary/aromatic N) is 1. The van der Waals surface area contributed by atoms with E-state index in [9.17, 15) is 13.6 Å². The molecule has 0 spiro atoms. The molecule has 1 aromatic rings. The molecule has 0 unspecified atom stereocenters. The lowest BCUT2D eigenvalue weighted by Crippen LogP contribution is -2.53. The van der Waals surface area contributed by atoms with Crippen molar-refractivity contribution in [3.05, 3.63) is 29.8 Å². The molecule has 2 rings (SSSR count). The molecule has 1 aromatic carbocycles. The zero-order valence-corrected chi connectivity index (χ0v) is 11.3. The van der Waals surface area contributed by atoms with Crippen LogP contribution in [0.1, 0.15) is 5.56 Å². The second kappa shape index (κ2) is 6.65. The minimum absolute atomic E-state index is 0.152. The van der Waals surface area contributed by atoms with E-state index in [0.29, 0.717) is 19.6 Å². The maximum Gasteiger partial charge on any atom is 0.243 e. The van der Waals surface area contributed by atoms with Crippen molar-refractivity contribution in [3.63, 3.8) is 0 Å². The molecule has 0 radical (unpaired) electrons. The molecule has 20 heavy (non-hydrogen) atoms. The molecule has 0 atom stereocenters. The fourth-order valence-electron chi connectivity index (χ4n) is 2.14. The van der Waals surface area contributed by atoms with Gasteiger partial charge < -0.3 is 10.1 Å². The van der Waals surface area contributed by atoms with Gasteiger partial charge in [0.25, 0.3) is 0 Å². The maximum atomic E-state index is 12.3. The first-order chi connectivity index (χ1) is 9.58. The molecule has 0 aromatic heterocycles. The van der Waals surface area contributed by atoms with Gasteiger partial charge in [0.1, 0.15) is 5.75 Å². The largest absolute Gasteiger partial charge is 0.497 e. The van der Waals surface area contributed by atoms with Crippen LogP contribution in [0.25, 0.3) is 0 Å². The average Bonchev–Trinajstić information content (AvgIpc) is 2.40. The van der Waals surface area contributed by atoms with Gasteiger partial charge in [-0.2, -0.15) is 0 Å².